The van der Waals surface area contributed by atoms with Crippen LogP contribution >= 0.6 is 24.0 Å². The van der Waals surface area contributed by atoms with Gasteiger partial charge in [-0.15, -0.1) is 24.0 Å². The summed E-state index contributed by atoms with van der Waals surface area (Å²) in [6, 6.07) is 11.8. The van der Waals surface area contributed by atoms with Crippen molar-refractivity contribution in [3.05, 3.63) is 65.5 Å². The maximum Gasteiger partial charge on any atom is 0.252 e. The van der Waals surface area contributed by atoms with E-state index in [1.165, 1.54) is 11.1 Å². The zero-order valence-corrected chi connectivity index (χ0v) is 18.4. The first kappa shape index (κ1) is 22.9. The van der Waals surface area contributed by atoms with Crippen LogP contribution in [0, 0.1) is 6.92 Å². The van der Waals surface area contributed by atoms with Crippen molar-refractivity contribution in [1.82, 2.24) is 20.5 Å². The van der Waals surface area contributed by atoms with Crippen LogP contribution in [0.5, 0.6) is 0 Å². The van der Waals surface area contributed by atoms with Crippen LogP contribution in [0.25, 0.3) is 0 Å². The Morgan fingerprint density at radius 2 is 1.96 bits per heavy atom. The second-order valence-electron chi connectivity index (χ2n) is 6.02. The van der Waals surface area contributed by atoms with E-state index in [9.17, 15) is 4.79 Å². The Balaban J connectivity index is 0.00000364. The monoisotopic (exact) mass is 481 g/mol. The normalized spacial score (nSPS) is 10.7. The van der Waals surface area contributed by atoms with Crippen molar-refractivity contribution in [2.24, 2.45) is 4.99 Å². The van der Waals surface area contributed by atoms with Gasteiger partial charge < -0.3 is 15.5 Å². The molecule has 1 aromatic carbocycles. The topological polar surface area (TPSA) is 69.6 Å². The van der Waals surface area contributed by atoms with E-state index < -0.39 is 0 Å². The molecule has 1 aromatic heterocycles. The molecule has 2 aromatic rings. The predicted molar refractivity (Wildman–Crippen MR) is 121 cm³/mol. The van der Waals surface area contributed by atoms with Gasteiger partial charge in [0.1, 0.15) is 0 Å². The van der Waals surface area contributed by atoms with Crippen LogP contribution in [0.3, 0.4) is 0 Å². The van der Waals surface area contributed by atoms with Crippen LogP contribution in [0.4, 0.5) is 0 Å². The van der Waals surface area contributed by atoms with Gasteiger partial charge in [0.25, 0.3) is 5.91 Å². The lowest BCUT2D eigenvalue weighted by Crippen LogP contribution is -2.39. The number of carbonyl (C=O) groups is 1. The van der Waals surface area contributed by atoms with E-state index in [1.54, 1.807) is 24.5 Å². The Morgan fingerprint density at radius 1 is 1.19 bits per heavy atom. The average Bonchev–Trinajstić information content (AvgIpc) is 2.66. The summed E-state index contributed by atoms with van der Waals surface area (Å²) in [5, 5.41) is 6.16. The van der Waals surface area contributed by atoms with E-state index in [4.69, 9.17) is 0 Å². The van der Waals surface area contributed by atoms with Gasteiger partial charge in [-0.3, -0.25) is 14.8 Å². The molecule has 0 bridgehead atoms. The lowest BCUT2D eigenvalue weighted by Gasteiger charge is -2.23. The van der Waals surface area contributed by atoms with Crippen LogP contribution in [0.15, 0.2) is 53.8 Å². The zero-order valence-electron chi connectivity index (χ0n) is 16.1. The van der Waals surface area contributed by atoms with Gasteiger partial charge in [0.2, 0.25) is 0 Å². The molecular formula is C20H28IN5O. The molecule has 0 aliphatic rings. The van der Waals surface area contributed by atoms with E-state index in [2.05, 4.69) is 44.6 Å². The molecule has 6 nitrogen and oxygen atoms in total. The number of hydrogen-bond acceptors (Lipinski definition) is 3. The molecule has 0 saturated heterocycles. The number of pyridine rings is 1. The minimum absolute atomic E-state index is 0. The summed E-state index contributed by atoms with van der Waals surface area (Å²) in [5.41, 5.74) is 3.09. The molecule has 146 valence electrons. The summed E-state index contributed by atoms with van der Waals surface area (Å²) < 4.78 is 0. The van der Waals surface area contributed by atoms with Crippen LogP contribution in [0.2, 0.25) is 0 Å². The number of aryl methyl sites for hydroxylation is 1. The van der Waals surface area contributed by atoms with Crippen LogP contribution < -0.4 is 10.6 Å². The summed E-state index contributed by atoms with van der Waals surface area (Å²) >= 11 is 0. The maximum atomic E-state index is 12.0. The second-order valence-corrected chi connectivity index (χ2v) is 6.02. The Hall–Kier alpha value is -2.16. The third kappa shape index (κ3) is 7.54. The quantitative estimate of drug-likeness (QED) is 0.276. The van der Waals surface area contributed by atoms with E-state index in [0.29, 0.717) is 18.7 Å². The Bertz CT molecular complexity index is 736. The highest BCUT2D eigenvalue weighted by Crippen LogP contribution is 2.09. The number of guanidine groups is 1. The highest BCUT2D eigenvalue weighted by molar-refractivity contribution is 14.0. The number of amides is 1. The van der Waals surface area contributed by atoms with Gasteiger partial charge in [0, 0.05) is 39.1 Å². The van der Waals surface area contributed by atoms with Crippen molar-refractivity contribution in [2.75, 3.05) is 26.7 Å². The van der Waals surface area contributed by atoms with E-state index >= 15 is 0 Å². The van der Waals surface area contributed by atoms with Gasteiger partial charge in [-0.05, 0) is 37.1 Å². The minimum atomic E-state index is -0.133. The van der Waals surface area contributed by atoms with Gasteiger partial charge in [-0.25, -0.2) is 0 Å². The molecule has 1 amide bonds. The van der Waals surface area contributed by atoms with E-state index in [-0.39, 0.29) is 29.9 Å². The van der Waals surface area contributed by atoms with Crippen molar-refractivity contribution >= 4 is 35.8 Å². The first-order valence-corrected chi connectivity index (χ1v) is 8.84. The Labute approximate surface area is 178 Å². The molecule has 0 fully saturated rings. The summed E-state index contributed by atoms with van der Waals surface area (Å²) in [6.45, 7) is 6.70. The third-order valence-corrected chi connectivity index (χ3v) is 3.95. The number of carbonyl (C=O) groups excluding carboxylic acids is 1. The van der Waals surface area contributed by atoms with Crippen molar-refractivity contribution in [3.8, 4) is 0 Å². The average molecular weight is 481 g/mol. The number of aliphatic imine (C=N–C) groups is 1. The van der Waals surface area contributed by atoms with Gasteiger partial charge in [0.05, 0.1) is 12.1 Å². The second kappa shape index (κ2) is 12.3. The minimum Gasteiger partial charge on any atom is -0.357 e. The lowest BCUT2D eigenvalue weighted by molar-refractivity contribution is 0.0954. The third-order valence-electron chi connectivity index (χ3n) is 3.95. The molecule has 0 spiro atoms. The number of nitrogens with zero attached hydrogens (tertiary/aromatic N) is 3. The molecule has 0 aliphatic heterocycles. The first-order valence-electron chi connectivity index (χ1n) is 8.84. The van der Waals surface area contributed by atoms with E-state index in [1.807, 2.05) is 26.1 Å². The summed E-state index contributed by atoms with van der Waals surface area (Å²) in [4.78, 5) is 22.7. The molecule has 0 unspecified atom stereocenters. The first-order chi connectivity index (χ1) is 12.6. The van der Waals surface area contributed by atoms with Gasteiger partial charge in [0.15, 0.2) is 5.96 Å². The van der Waals surface area contributed by atoms with Crippen molar-refractivity contribution < 1.29 is 4.79 Å². The molecule has 2 N–H and O–H groups in total. The number of aromatic nitrogens is 1. The van der Waals surface area contributed by atoms with Crippen molar-refractivity contribution in [3.63, 3.8) is 0 Å². The predicted octanol–water partition coefficient (Wildman–Crippen LogP) is 2.84. The fourth-order valence-electron chi connectivity index (χ4n) is 2.52. The Kier molecular flexibility index (Phi) is 10.4. The van der Waals surface area contributed by atoms with Crippen molar-refractivity contribution in [1.29, 1.82) is 0 Å². The smallest absolute Gasteiger partial charge is 0.252 e. The maximum absolute atomic E-state index is 12.0. The van der Waals surface area contributed by atoms with Crippen LogP contribution in [-0.4, -0.2) is 48.4 Å². The summed E-state index contributed by atoms with van der Waals surface area (Å²) in [7, 11) is 2.02. The zero-order chi connectivity index (χ0) is 18.8. The fourth-order valence-corrected chi connectivity index (χ4v) is 2.52. The Morgan fingerprint density at radius 3 is 2.63 bits per heavy atom. The number of benzene rings is 1. The van der Waals surface area contributed by atoms with Gasteiger partial charge in [-0.1, -0.05) is 24.3 Å². The van der Waals surface area contributed by atoms with Crippen LogP contribution in [0.1, 0.15) is 28.4 Å². The molecule has 2 rings (SSSR count). The van der Waals surface area contributed by atoms with E-state index in [0.717, 1.165) is 19.0 Å². The highest BCUT2D eigenvalue weighted by atomic mass is 127. The molecule has 27 heavy (non-hydrogen) atoms. The molecule has 0 radical (unpaired) electrons. The van der Waals surface area contributed by atoms with Crippen LogP contribution in [-0.2, 0) is 6.54 Å². The summed E-state index contributed by atoms with van der Waals surface area (Å²) in [6.07, 6.45) is 3.20. The van der Waals surface area contributed by atoms with Gasteiger partial charge >= 0.3 is 0 Å². The standard InChI is InChI=1S/C20H27N5O.HI/c1-4-22-20(25(3)15-18-9-6-5-8-16(18)2)24-13-12-23-19(26)17-10-7-11-21-14-17;/h5-11,14H,4,12-13,15H2,1-3H3,(H,22,24)(H,23,26);1H. The van der Waals surface area contributed by atoms with Gasteiger partial charge in [-0.2, -0.15) is 0 Å². The largest absolute Gasteiger partial charge is 0.357 e. The SMILES string of the molecule is CCNC(=NCCNC(=O)c1cccnc1)N(C)Cc1ccccc1C.I. The number of nitrogens with one attached hydrogen (secondary N) is 2. The van der Waals surface area contributed by atoms with Crippen molar-refractivity contribution in [2.45, 2.75) is 20.4 Å². The fraction of sp³-hybridized carbons (Fsp3) is 0.350. The number of halogens is 1. The molecule has 1 heterocycles. The highest BCUT2D eigenvalue weighted by Gasteiger charge is 2.08. The lowest BCUT2D eigenvalue weighted by atomic mass is 10.1. The molecular weight excluding hydrogens is 453 g/mol. The molecule has 0 saturated carbocycles. The molecule has 7 heteroatoms. The summed E-state index contributed by atoms with van der Waals surface area (Å²) in [5.74, 6) is 0.693. The number of hydrogen-bond donors (Lipinski definition) is 2. The number of rotatable bonds is 7. The molecule has 0 atom stereocenters. The molecule has 0 aliphatic carbocycles.